The van der Waals surface area contributed by atoms with Crippen molar-refractivity contribution < 1.29 is 17.9 Å². The molecule has 0 saturated heterocycles. The van der Waals surface area contributed by atoms with E-state index in [-0.39, 0.29) is 16.8 Å². The van der Waals surface area contributed by atoms with Crippen LogP contribution in [-0.4, -0.2) is 36.3 Å². The summed E-state index contributed by atoms with van der Waals surface area (Å²) in [6.07, 6.45) is 3.42. The van der Waals surface area contributed by atoms with Gasteiger partial charge in [-0.15, -0.1) is 0 Å². The standard InChI is InChI=1S/C22H30N2O4S/c1-9-14(4)28-22-18(12-23-24(22)7)21(25)17-10-11-19(29(8,26)27)20(16(17)6)15(5)13(2)3/h10-12,14H,9H2,1-8H3. The number of allylic oxidation sites excluding steroid dienone is 2. The van der Waals surface area contributed by atoms with Gasteiger partial charge in [0.2, 0.25) is 5.88 Å². The lowest BCUT2D eigenvalue weighted by molar-refractivity contribution is 0.103. The summed E-state index contributed by atoms with van der Waals surface area (Å²) in [4.78, 5) is 13.6. The van der Waals surface area contributed by atoms with Gasteiger partial charge in [0.05, 0.1) is 17.2 Å². The smallest absolute Gasteiger partial charge is 0.223 e. The average molecular weight is 419 g/mol. The lowest BCUT2D eigenvalue weighted by Crippen LogP contribution is -2.16. The fourth-order valence-corrected chi connectivity index (χ4v) is 4.09. The Morgan fingerprint density at radius 2 is 1.83 bits per heavy atom. The highest BCUT2D eigenvalue weighted by molar-refractivity contribution is 7.90. The van der Waals surface area contributed by atoms with Gasteiger partial charge in [-0.3, -0.25) is 4.79 Å². The normalized spacial score (nSPS) is 12.6. The van der Waals surface area contributed by atoms with E-state index >= 15 is 0 Å². The molecule has 2 rings (SSSR count). The predicted molar refractivity (Wildman–Crippen MR) is 115 cm³/mol. The molecule has 1 aromatic heterocycles. The molecular weight excluding hydrogens is 388 g/mol. The number of ether oxygens (including phenoxy) is 1. The van der Waals surface area contributed by atoms with Gasteiger partial charge in [-0.1, -0.05) is 12.5 Å². The molecule has 0 fully saturated rings. The second-order valence-corrected chi connectivity index (χ2v) is 9.65. The van der Waals surface area contributed by atoms with Gasteiger partial charge in [0.1, 0.15) is 5.56 Å². The minimum atomic E-state index is -3.45. The number of hydrogen-bond donors (Lipinski definition) is 0. The van der Waals surface area contributed by atoms with E-state index in [2.05, 4.69) is 5.10 Å². The van der Waals surface area contributed by atoms with Gasteiger partial charge < -0.3 is 4.74 Å². The van der Waals surface area contributed by atoms with Crippen LogP contribution in [-0.2, 0) is 16.9 Å². The van der Waals surface area contributed by atoms with Crippen LogP contribution in [0.5, 0.6) is 5.88 Å². The third-order valence-corrected chi connectivity index (χ3v) is 6.35. The van der Waals surface area contributed by atoms with Crippen LogP contribution in [0.4, 0.5) is 0 Å². The number of rotatable bonds is 7. The number of aromatic nitrogens is 2. The van der Waals surface area contributed by atoms with Crippen LogP contribution < -0.4 is 4.74 Å². The number of hydrogen-bond acceptors (Lipinski definition) is 5. The van der Waals surface area contributed by atoms with Crippen LogP contribution in [0.2, 0.25) is 0 Å². The maximum Gasteiger partial charge on any atom is 0.223 e. The van der Waals surface area contributed by atoms with Gasteiger partial charge in [-0.25, -0.2) is 13.1 Å². The Morgan fingerprint density at radius 1 is 1.21 bits per heavy atom. The summed E-state index contributed by atoms with van der Waals surface area (Å²) in [5.41, 5.74) is 3.87. The Bertz CT molecular complexity index is 1070. The van der Waals surface area contributed by atoms with Crippen LogP contribution in [0.15, 0.2) is 28.8 Å². The zero-order valence-electron chi connectivity index (χ0n) is 18.5. The molecule has 0 aliphatic carbocycles. The number of aryl methyl sites for hydroxylation is 1. The summed E-state index contributed by atoms with van der Waals surface area (Å²) < 4.78 is 32.2. The number of carbonyl (C=O) groups excluding carboxylic acids is 1. The molecule has 1 unspecified atom stereocenters. The molecule has 1 atom stereocenters. The summed E-state index contributed by atoms with van der Waals surface area (Å²) in [6.45, 7) is 11.5. The molecule has 1 aromatic carbocycles. The van der Waals surface area contributed by atoms with E-state index in [1.165, 1.54) is 18.5 Å². The van der Waals surface area contributed by atoms with E-state index < -0.39 is 9.84 Å². The van der Waals surface area contributed by atoms with E-state index in [4.69, 9.17) is 4.74 Å². The zero-order valence-corrected chi connectivity index (χ0v) is 19.3. The molecule has 0 bridgehead atoms. The average Bonchev–Trinajstić information content (AvgIpc) is 2.99. The number of carbonyl (C=O) groups is 1. The van der Waals surface area contributed by atoms with Crippen LogP contribution in [0.3, 0.4) is 0 Å². The fourth-order valence-electron chi connectivity index (χ4n) is 3.10. The molecule has 0 amide bonds. The van der Waals surface area contributed by atoms with Gasteiger partial charge in [0.25, 0.3) is 0 Å². The molecule has 0 radical (unpaired) electrons. The second-order valence-electron chi connectivity index (χ2n) is 7.66. The molecule has 158 valence electrons. The van der Waals surface area contributed by atoms with Crippen molar-refractivity contribution in [3.05, 3.63) is 46.2 Å². The molecule has 0 aliphatic rings. The van der Waals surface area contributed by atoms with Crippen molar-refractivity contribution in [1.82, 2.24) is 9.78 Å². The van der Waals surface area contributed by atoms with Crippen molar-refractivity contribution in [3.8, 4) is 5.88 Å². The topological polar surface area (TPSA) is 78.3 Å². The van der Waals surface area contributed by atoms with E-state index in [1.807, 2.05) is 34.6 Å². The molecule has 2 aromatic rings. The Morgan fingerprint density at radius 3 is 2.34 bits per heavy atom. The number of ketones is 1. The van der Waals surface area contributed by atoms with Crippen molar-refractivity contribution in [3.63, 3.8) is 0 Å². The van der Waals surface area contributed by atoms with Gasteiger partial charge in [0, 0.05) is 18.9 Å². The van der Waals surface area contributed by atoms with E-state index in [0.29, 0.717) is 28.1 Å². The van der Waals surface area contributed by atoms with E-state index in [9.17, 15) is 13.2 Å². The molecule has 0 spiro atoms. The molecule has 7 heteroatoms. The first-order valence-electron chi connectivity index (χ1n) is 9.61. The van der Waals surface area contributed by atoms with Crippen molar-refractivity contribution >= 4 is 21.2 Å². The fraction of sp³-hybridized carbons (Fsp3) is 0.455. The monoisotopic (exact) mass is 418 g/mol. The highest BCUT2D eigenvalue weighted by Crippen LogP contribution is 2.33. The Hall–Kier alpha value is -2.41. The molecule has 6 nitrogen and oxygen atoms in total. The molecule has 1 heterocycles. The third-order valence-electron chi connectivity index (χ3n) is 5.21. The minimum Gasteiger partial charge on any atom is -0.474 e. The molecular formula is C22H30N2O4S. The maximum absolute atomic E-state index is 13.4. The molecule has 0 aliphatic heterocycles. The quantitative estimate of drug-likeness (QED) is 0.625. The number of sulfone groups is 1. The molecule has 0 N–H and O–H groups in total. The minimum absolute atomic E-state index is 0.0610. The summed E-state index contributed by atoms with van der Waals surface area (Å²) in [6, 6.07) is 3.10. The molecule has 29 heavy (non-hydrogen) atoms. The SMILES string of the molecule is CCC(C)Oc1c(C(=O)c2ccc(S(C)(=O)=O)c(C(C)=C(C)C)c2C)cnn1C. The first-order chi connectivity index (χ1) is 13.4. The summed E-state index contributed by atoms with van der Waals surface area (Å²) in [7, 11) is -1.72. The second kappa shape index (κ2) is 8.53. The first kappa shape index (κ1) is 22.9. The van der Waals surface area contributed by atoms with Crippen molar-refractivity contribution in [2.24, 2.45) is 7.05 Å². The highest BCUT2D eigenvalue weighted by atomic mass is 32.2. The van der Waals surface area contributed by atoms with Gasteiger partial charge >= 0.3 is 0 Å². The van der Waals surface area contributed by atoms with Gasteiger partial charge in [-0.05, 0) is 69.9 Å². The maximum atomic E-state index is 13.4. The zero-order chi connectivity index (χ0) is 22.1. The van der Waals surface area contributed by atoms with E-state index in [0.717, 1.165) is 17.6 Å². The third kappa shape index (κ3) is 4.61. The Labute approximate surface area is 173 Å². The summed E-state index contributed by atoms with van der Waals surface area (Å²) in [5.74, 6) is 0.174. The predicted octanol–water partition coefficient (Wildman–Crippen LogP) is 4.35. The van der Waals surface area contributed by atoms with Crippen molar-refractivity contribution in [1.29, 1.82) is 0 Å². The van der Waals surface area contributed by atoms with Crippen molar-refractivity contribution in [2.75, 3.05) is 6.26 Å². The summed E-state index contributed by atoms with van der Waals surface area (Å²) >= 11 is 0. The van der Waals surface area contributed by atoms with E-state index in [1.54, 1.807) is 24.7 Å². The highest BCUT2D eigenvalue weighted by Gasteiger charge is 2.26. The van der Waals surface area contributed by atoms with Crippen LogP contribution in [0, 0.1) is 6.92 Å². The number of benzene rings is 1. The Balaban J connectivity index is 2.71. The lowest BCUT2D eigenvalue weighted by Gasteiger charge is -2.18. The number of nitrogens with zero attached hydrogens (tertiary/aromatic N) is 2. The van der Waals surface area contributed by atoms with Gasteiger partial charge in [0.15, 0.2) is 15.6 Å². The van der Waals surface area contributed by atoms with Crippen LogP contribution >= 0.6 is 0 Å². The summed E-state index contributed by atoms with van der Waals surface area (Å²) in [5, 5.41) is 4.19. The Kier molecular flexibility index (Phi) is 6.73. The lowest BCUT2D eigenvalue weighted by atomic mass is 9.91. The van der Waals surface area contributed by atoms with Crippen LogP contribution in [0.1, 0.15) is 68.1 Å². The van der Waals surface area contributed by atoms with Crippen LogP contribution in [0.25, 0.3) is 5.57 Å². The first-order valence-corrected chi connectivity index (χ1v) is 11.5. The van der Waals surface area contributed by atoms with Gasteiger partial charge in [-0.2, -0.15) is 5.10 Å². The largest absolute Gasteiger partial charge is 0.474 e. The van der Waals surface area contributed by atoms with Crippen molar-refractivity contribution in [2.45, 2.75) is 59.0 Å². The molecule has 0 saturated carbocycles.